The average Bonchev–Trinajstić information content (AvgIpc) is 2.88. The van der Waals surface area contributed by atoms with E-state index >= 15 is 0 Å². The molecule has 0 aliphatic heterocycles. The molecule has 0 saturated carbocycles. The molecule has 6 nitrogen and oxygen atoms in total. The minimum Gasteiger partial charge on any atom is -0.378 e. The van der Waals surface area contributed by atoms with E-state index in [1.807, 2.05) is 0 Å². The van der Waals surface area contributed by atoms with Crippen molar-refractivity contribution in [3.63, 3.8) is 0 Å². The van der Waals surface area contributed by atoms with Gasteiger partial charge in [-0.1, -0.05) is 17.3 Å². The standard InChI is InChI=1S/C13H17N3O3S/c1-10(2)16-20(17,18)13-6-4-3-5-12(13)14-9-11-7-8-19-15-11/h3-8,10,14,16H,9H2,1-2H3. The zero-order valence-electron chi connectivity index (χ0n) is 11.3. The van der Waals surface area contributed by atoms with E-state index in [9.17, 15) is 8.42 Å². The van der Waals surface area contributed by atoms with Gasteiger partial charge in [-0.05, 0) is 26.0 Å². The molecular formula is C13H17N3O3S. The molecule has 1 aromatic heterocycles. The fourth-order valence-corrected chi connectivity index (χ4v) is 3.17. The van der Waals surface area contributed by atoms with E-state index in [1.165, 1.54) is 6.26 Å². The van der Waals surface area contributed by atoms with Crippen LogP contribution in [0, 0.1) is 0 Å². The van der Waals surface area contributed by atoms with Gasteiger partial charge >= 0.3 is 0 Å². The van der Waals surface area contributed by atoms with Crippen molar-refractivity contribution in [3.05, 3.63) is 42.3 Å². The van der Waals surface area contributed by atoms with Gasteiger partial charge in [0, 0.05) is 12.1 Å². The summed E-state index contributed by atoms with van der Waals surface area (Å²) in [6.45, 7) is 3.96. The van der Waals surface area contributed by atoms with Crippen LogP contribution in [-0.4, -0.2) is 19.6 Å². The number of sulfonamides is 1. The molecule has 2 N–H and O–H groups in total. The van der Waals surface area contributed by atoms with Gasteiger partial charge < -0.3 is 9.84 Å². The first kappa shape index (κ1) is 14.5. The Balaban J connectivity index is 2.22. The minimum absolute atomic E-state index is 0.163. The molecule has 1 heterocycles. The SMILES string of the molecule is CC(C)NS(=O)(=O)c1ccccc1NCc1ccon1. The molecule has 0 saturated heterocycles. The molecule has 2 aromatic rings. The van der Waals surface area contributed by atoms with Gasteiger partial charge in [-0.25, -0.2) is 13.1 Å². The number of anilines is 1. The van der Waals surface area contributed by atoms with E-state index in [-0.39, 0.29) is 10.9 Å². The highest BCUT2D eigenvalue weighted by molar-refractivity contribution is 7.89. The molecule has 0 unspecified atom stereocenters. The molecule has 0 spiro atoms. The molecule has 2 rings (SSSR count). The van der Waals surface area contributed by atoms with Crippen LogP contribution in [0.25, 0.3) is 0 Å². The zero-order chi connectivity index (χ0) is 14.6. The van der Waals surface area contributed by atoms with Gasteiger partial charge in [-0.2, -0.15) is 0 Å². The van der Waals surface area contributed by atoms with Crippen LogP contribution in [-0.2, 0) is 16.6 Å². The van der Waals surface area contributed by atoms with Crippen molar-refractivity contribution in [3.8, 4) is 0 Å². The van der Waals surface area contributed by atoms with Crippen LogP contribution in [0.5, 0.6) is 0 Å². The first-order valence-corrected chi connectivity index (χ1v) is 7.72. The van der Waals surface area contributed by atoms with Crippen LogP contribution in [0.1, 0.15) is 19.5 Å². The molecule has 0 fully saturated rings. The second-order valence-electron chi connectivity index (χ2n) is 4.62. The Kier molecular flexibility index (Phi) is 4.41. The molecular weight excluding hydrogens is 278 g/mol. The maximum Gasteiger partial charge on any atom is 0.242 e. The molecule has 0 atom stereocenters. The van der Waals surface area contributed by atoms with Gasteiger partial charge in [-0.15, -0.1) is 0 Å². The van der Waals surface area contributed by atoms with E-state index in [2.05, 4.69) is 15.2 Å². The molecule has 20 heavy (non-hydrogen) atoms. The normalized spacial score (nSPS) is 11.8. The second kappa shape index (κ2) is 6.06. The zero-order valence-corrected chi connectivity index (χ0v) is 12.1. The van der Waals surface area contributed by atoms with Gasteiger partial charge in [0.1, 0.15) is 16.9 Å². The predicted octanol–water partition coefficient (Wildman–Crippen LogP) is 1.97. The lowest BCUT2D eigenvalue weighted by atomic mass is 10.3. The molecule has 0 amide bonds. The van der Waals surface area contributed by atoms with Gasteiger partial charge in [-0.3, -0.25) is 0 Å². The summed E-state index contributed by atoms with van der Waals surface area (Å²) in [5, 5.41) is 6.82. The number of hydrogen-bond donors (Lipinski definition) is 2. The number of hydrogen-bond acceptors (Lipinski definition) is 5. The number of benzene rings is 1. The highest BCUT2D eigenvalue weighted by Crippen LogP contribution is 2.21. The Morgan fingerprint density at radius 2 is 2.00 bits per heavy atom. The summed E-state index contributed by atoms with van der Waals surface area (Å²) in [4.78, 5) is 0.220. The summed E-state index contributed by atoms with van der Waals surface area (Å²) >= 11 is 0. The van der Waals surface area contributed by atoms with E-state index in [1.54, 1.807) is 44.2 Å². The van der Waals surface area contributed by atoms with Crippen molar-refractivity contribution in [1.82, 2.24) is 9.88 Å². The van der Waals surface area contributed by atoms with Crippen molar-refractivity contribution in [1.29, 1.82) is 0 Å². The van der Waals surface area contributed by atoms with Crippen molar-refractivity contribution in [2.45, 2.75) is 31.3 Å². The van der Waals surface area contributed by atoms with Crippen LogP contribution in [0.2, 0.25) is 0 Å². The molecule has 1 aromatic carbocycles. The fraction of sp³-hybridized carbons (Fsp3) is 0.308. The molecule has 108 valence electrons. The van der Waals surface area contributed by atoms with Crippen molar-refractivity contribution < 1.29 is 12.9 Å². The Morgan fingerprint density at radius 1 is 1.25 bits per heavy atom. The number of nitrogens with one attached hydrogen (secondary N) is 2. The van der Waals surface area contributed by atoms with E-state index in [0.29, 0.717) is 17.9 Å². The van der Waals surface area contributed by atoms with Crippen LogP contribution >= 0.6 is 0 Å². The molecule has 0 bridgehead atoms. The van der Waals surface area contributed by atoms with Gasteiger partial charge in [0.15, 0.2) is 0 Å². The monoisotopic (exact) mass is 295 g/mol. The smallest absolute Gasteiger partial charge is 0.242 e. The van der Waals surface area contributed by atoms with Gasteiger partial charge in [0.05, 0.1) is 12.2 Å². The summed E-state index contributed by atoms with van der Waals surface area (Å²) in [7, 11) is -3.54. The van der Waals surface area contributed by atoms with Crippen LogP contribution < -0.4 is 10.0 Å². The van der Waals surface area contributed by atoms with E-state index in [0.717, 1.165) is 0 Å². The third kappa shape index (κ3) is 3.58. The molecule has 7 heteroatoms. The summed E-state index contributed by atoms with van der Waals surface area (Å²) in [6.07, 6.45) is 1.47. The predicted molar refractivity (Wildman–Crippen MR) is 75.7 cm³/mol. The maximum absolute atomic E-state index is 12.2. The summed E-state index contributed by atoms with van der Waals surface area (Å²) in [5.74, 6) is 0. The average molecular weight is 295 g/mol. The lowest BCUT2D eigenvalue weighted by Gasteiger charge is -2.14. The van der Waals surface area contributed by atoms with Crippen LogP contribution in [0.3, 0.4) is 0 Å². The quantitative estimate of drug-likeness (QED) is 0.851. The number of para-hydroxylation sites is 1. The highest BCUT2D eigenvalue weighted by Gasteiger charge is 2.19. The van der Waals surface area contributed by atoms with Crippen molar-refractivity contribution in [2.75, 3.05) is 5.32 Å². The number of rotatable bonds is 6. The molecule has 0 aliphatic rings. The summed E-state index contributed by atoms with van der Waals surface area (Å²) < 4.78 is 31.8. The number of nitrogens with zero attached hydrogens (tertiary/aromatic N) is 1. The Bertz CT molecular complexity index is 651. The van der Waals surface area contributed by atoms with Crippen LogP contribution in [0.4, 0.5) is 5.69 Å². The van der Waals surface area contributed by atoms with Gasteiger partial charge in [0.2, 0.25) is 10.0 Å². The summed E-state index contributed by atoms with van der Waals surface area (Å²) in [6, 6.07) is 8.31. The van der Waals surface area contributed by atoms with E-state index in [4.69, 9.17) is 4.52 Å². The lowest BCUT2D eigenvalue weighted by Crippen LogP contribution is -2.30. The molecule has 0 radical (unpaired) electrons. The lowest BCUT2D eigenvalue weighted by molar-refractivity contribution is 0.412. The van der Waals surface area contributed by atoms with Crippen molar-refractivity contribution in [2.24, 2.45) is 0 Å². The van der Waals surface area contributed by atoms with Crippen LogP contribution in [0.15, 0.2) is 46.0 Å². The Labute approximate surface area is 118 Å². The third-order valence-corrected chi connectivity index (χ3v) is 4.24. The molecule has 0 aliphatic carbocycles. The first-order chi connectivity index (χ1) is 9.49. The Morgan fingerprint density at radius 3 is 2.65 bits per heavy atom. The van der Waals surface area contributed by atoms with Crippen molar-refractivity contribution >= 4 is 15.7 Å². The minimum atomic E-state index is -3.54. The highest BCUT2D eigenvalue weighted by atomic mass is 32.2. The maximum atomic E-state index is 12.2. The fourth-order valence-electron chi connectivity index (χ4n) is 1.74. The van der Waals surface area contributed by atoms with Gasteiger partial charge in [0.25, 0.3) is 0 Å². The number of aromatic nitrogens is 1. The summed E-state index contributed by atoms with van der Waals surface area (Å²) in [5.41, 5.74) is 1.23. The largest absolute Gasteiger partial charge is 0.378 e. The topological polar surface area (TPSA) is 84.2 Å². The second-order valence-corrected chi connectivity index (χ2v) is 6.30. The van der Waals surface area contributed by atoms with E-state index < -0.39 is 10.0 Å². The first-order valence-electron chi connectivity index (χ1n) is 6.23. The third-order valence-electron chi connectivity index (χ3n) is 2.52. The Hall–Kier alpha value is -1.86.